The summed E-state index contributed by atoms with van der Waals surface area (Å²) in [6, 6.07) is 0. The molecule has 0 radical (unpaired) electrons. The van der Waals surface area contributed by atoms with E-state index in [-0.39, 0.29) is 23.9 Å². The molecule has 0 saturated carbocycles. The van der Waals surface area contributed by atoms with Crippen LogP contribution in [-0.4, -0.2) is 38.7 Å². The molecule has 7 heteroatoms. The minimum absolute atomic E-state index is 0.00412. The number of piperidine rings is 1. The minimum atomic E-state index is -0.265. The van der Waals surface area contributed by atoms with Crippen molar-refractivity contribution in [2.75, 3.05) is 13.1 Å². The quantitative estimate of drug-likeness (QED) is 0.864. The Morgan fingerprint density at radius 3 is 2.61 bits per heavy atom. The van der Waals surface area contributed by atoms with Gasteiger partial charge in [0, 0.05) is 19.0 Å². The van der Waals surface area contributed by atoms with E-state index in [0.29, 0.717) is 5.52 Å². The van der Waals surface area contributed by atoms with Gasteiger partial charge in [-0.25, -0.2) is 9.67 Å². The topological polar surface area (TPSA) is 68.1 Å². The van der Waals surface area contributed by atoms with Gasteiger partial charge in [0.2, 0.25) is 5.91 Å². The van der Waals surface area contributed by atoms with Crippen LogP contribution in [0.1, 0.15) is 49.7 Å². The van der Waals surface area contributed by atoms with Crippen LogP contribution in [0.2, 0.25) is 0 Å². The summed E-state index contributed by atoms with van der Waals surface area (Å²) in [6.07, 6.45) is 3.25. The van der Waals surface area contributed by atoms with Gasteiger partial charge >= 0.3 is 0 Å². The van der Waals surface area contributed by atoms with Crippen molar-refractivity contribution in [1.82, 2.24) is 19.7 Å². The van der Waals surface area contributed by atoms with Gasteiger partial charge in [-0.05, 0) is 26.2 Å². The fourth-order valence-electron chi connectivity index (χ4n) is 2.85. The predicted octanol–water partition coefficient (Wildman–Crippen LogP) is 2.30. The number of nitrogens with zero attached hydrogens (tertiary/aromatic N) is 4. The number of fused-ring (bicyclic) bond motifs is 1. The Bertz CT molecular complexity index is 787. The molecule has 1 aliphatic rings. The van der Waals surface area contributed by atoms with Crippen molar-refractivity contribution in [1.29, 1.82) is 0 Å². The van der Waals surface area contributed by atoms with Crippen LogP contribution in [0.25, 0.3) is 10.2 Å². The van der Waals surface area contributed by atoms with Crippen molar-refractivity contribution in [3.63, 3.8) is 0 Å². The summed E-state index contributed by atoms with van der Waals surface area (Å²) in [6.45, 7) is 7.54. The zero-order valence-electron chi connectivity index (χ0n) is 13.8. The number of thiazole rings is 1. The van der Waals surface area contributed by atoms with Crippen LogP contribution in [0, 0.1) is 6.92 Å². The second kappa shape index (κ2) is 6.39. The summed E-state index contributed by atoms with van der Waals surface area (Å²) in [7, 11) is 0. The molecule has 1 amide bonds. The molecule has 0 unspecified atom stereocenters. The van der Waals surface area contributed by atoms with Crippen molar-refractivity contribution >= 4 is 27.5 Å². The van der Waals surface area contributed by atoms with E-state index in [0.717, 1.165) is 41.3 Å². The third-order valence-corrected chi connectivity index (χ3v) is 5.63. The number of likely N-dealkylation sites (tertiary alicyclic amines) is 1. The smallest absolute Gasteiger partial charge is 0.294 e. The first kappa shape index (κ1) is 16.1. The second-order valence-electron chi connectivity index (χ2n) is 6.37. The van der Waals surface area contributed by atoms with E-state index >= 15 is 0 Å². The van der Waals surface area contributed by atoms with Crippen molar-refractivity contribution < 1.29 is 4.79 Å². The molecule has 6 nitrogen and oxygen atoms in total. The molecular formula is C16H22N4O2S. The van der Waals surface area contributed by atoms with E-state index in [4.69, 9.17) is 0 Å². The molecule has 124 valence electrons. The molecule has 1 fully saturated rings. The molecule has 3 rings (SSSR count). The largest absolute Gasteiger partial charge is 0.341 e. The van der Waals surface area contributed by atoms with Crippen molar-refractivity contribution in [3.05, 3.63) is 21.1 Å². The number of rotatable bonds is 3. The average molecular weight is 334 g/mol. The van der Waals surface area contributed by atoms with Gasteiger partial charge in [-0.1, -0.05) is 13.8 Å². The maximum Gasteiger partial charge on any atom is 0.294 e. The van der Waals surface area contributed by atoms with Gasteiger partial charge < -0.3 is 4.90 Å². The molecule has 0 spiro atoms. The molecule has 0 atom stereocenters. The molecule has 0 bridgehead atoms. The molecule has 2 aromatic heterocycles. The Hall–Kier alpha value is -1.76. The number of amides is 1. The van der Waals surface area contributed by atoms with Gasteiger partial charge in [-0.15, -0.1) is 11.3 Å². The normalized spacial score (nSPS) is 15.6. The predicted molar refractivity (Wildman–Crippen MR) is 90.9 cm³/mol. The van der Waals surface area contributed by atoms with Gasteiger partial charge in [-0.2, -0.15) is 5.10 Å². The standard InChI is InChI=1S/C16H22N4O2S/c1-10(2)15-17-13-14(23-15)11(3)18-20(16(13)22)9-12(21)19-7-5-4-6-8-19/h10H,4-9H2,1-3H3. The third kappa shape index (κ3) is 3.15. The van der Waals surface area contributed by atoms with Gasteiger partial charge in [0.05, 0.1) is 15.4 Å². The number of carbonyl (C=O) groups is 1. The van der Waals surface area contributed by atoms with E-state index in [2.05, 4.69) is 23.9 Å². The highest BCUT2D eigenvalue weighted by Gasteiger charge is 2.20. The van der Waals surface area contributed by atoms with Crippen LogP contribution in [0.15, 0.2) is 4.79 Å². The second-order valence-corrected chi connectivity index (χ2v) is 7.40. The van der Waals surface area contributed by atoms with Gasteiger partial charge in [0.1, 0.15) is 6.54 Å². The van der Waals surface area contributed by atoms with Gasteiger partial charge in [0.15, 0.2) is 5.52 Å². The lowest BCUT2D eigenvalue weighted by atomic mass is 10.1. The Balaban J connectivity index is 1.93. The maximum atomic E-state index is 12.6. The van der Waals surface area contributed by atoms with Gasteiger partial charge in [-0.3, -0.25) is 9.59 Å². The Labute approximate surface area is 139 Å². The maximum absolute atomic E-state index is 12.6. The monoisotopic (exact) mass is 334 g/mol. The Kier molecular flexibility index (Phi) is 4.48. The van der Waals surface area contributed by atoms with Gasteiger partial charge in [0.25, 0.3) is 5.56 Å². The van der Waals surface area contributed by atoms with E-state index < -0.39 is 0 Å². The van der Waals surface area contributed by atoms with Crippen LogP contribution in [0.3, 0.4) is 0 Å². The van der Waals surface area contributed by atoms with E-state index in [1.54, 1.807) is 0 Å². The number of hydrogen-bond acceptors (Lipinski definition) is 5. The average Bonchev–Trinajstić information content (AvgIpc) is 2.99. The van der Waals surface area contributed by atoms with Crippen molar-refractivity contribution in [3.8, 4) is 0 Å². The van der Waals surface area contributed by atoms with E-state index in [9.17, 15) is 9.59 Å². The lowest BCUT2D eigenvalue weighted by Gasteiger charge is -2.26. The highest BCUT2D eigenvalue weighted by Crippen LogP contribution is 2.26. The van der Waals surface area contributed by atoms with Crippen molar-refractivity contribution in [2.45, 2.75) is 52.5 Å². The van der Waals surface area contributed by atoms with Crippen LogP contribution in [0.5, 0.6) is 0 Å². The molecule has 3 heterocycles. The van der Waals surface area contributed by atoms with Crippen LogP contribution in [-0.2, 0) is 11.3 Å². The number of aryl methyl sites for hydroxylation is 1. The summed E-state index contributed by atoms with van der Waals surface area (Å²) >= 11 is 1.52. The lowest BCUT2D eigenvalue weighted by molar-refractivity contribution is -0.133. The molecule has 1 aliphatic heterocycles. The lowest BCUT2D eigenvalue weighted by Crippen LogP contribution is -2.40. The van der Waals surface area contributed by atoms with Crippen molar-refractivity contribution in [2.24, 2.45) is 0 Å². The minimum Gasteiger partial charge on any atom is -0.341 e. The third-order valence-electron chi connectivity index (χ3n) is 4.17. The first-order valence-corrected chi connectivity index (χ1v) is 8.95. The number of hydrogen-bond donors (Lipinski definition) is 0. The zero-order valence-corrected chi connectivity index (χ0v) is 14.7. The molecule has 0 aliphatic carbocycles. The number of carbonyl (C=O) groups excluding carboxylic acids is 1. The molecule has 23 heavy (non-hydrogen) atoms. The number of aromatic nitrogens is 3. The van der Waals surface area contributed by atoms with E-state index in [1.807, 2.05) is 11.8 Å². The summed E-state index contributed by atoms with van der Waals surface area (Å²) < 4.78 is 2.11. The van der Waals surface area contributed by atoms with Crippen LogP contribution in [0.4, 0.5) is 0 Å². The Morgan fingerprint density at radius 1 is 1.26 bits per heavy atom. The summed E-state index contributed by atoms with van der Waals surface area (Å²) in [5.41, 5.74) is 0.937. The first-order chi connectivity index (χ1) is 11.0. The first-order valence-electron chi connectivity index (χ1n) is 8.13. The Morgan fingerprint density at radius 2 is 1.96 bits per heavy atom. The molecule has 1 saturated heterocycles. The zero-order chi connectivity index (χ0) is 16.6. The van der Waals surface area contributed by atoms with E-state index in [1.165, 1.54) is 22.4 Å². The molecule has 2 aromatic rings. The SMILES string of the molecule is Cc1nn(CC(=O)N2CCCCC2)c(=O)c2nc(C(C)C)sc12. The summed E-state index contributed by atoms with van der Waals surface area (Å²) in [4.78, 5) is 31.3. The summed E-state index contributed by atoms with van der Waals surface area (Å²) in [5.74, 6) is 0.243. The molecular weight excluding hydrogens is 312 g/mol. The highest BCUT2D eigenvalue weighted by atomic mass is 32.1. The fraction of sp³-hybridized carbons (Fsp3) is 0.625. The van der Waals surface area contributed by atoms with Crippen LogP contribution >= 0.6 is 11.3 Å². The van der Waals surface area contributed by atoms with Crippen LogP contribution < -0.4 is 5.56 Å². The fourth-order valence-corrected chi connectivity index (χ4v) is 3.85. The summed E-state index contributed by atoms with van der Waals surface area (Å²) in [5, 5.41) is 5.27. The highest BCUT2D eigenvalue weighted by molar-refractivity contribution is 7.18. The molecule has 0 aromatic carbocycles. The molecule has 0 N–H and O–H groups in total.